The van der Waals surface area contributed by atoms with Gasteiger partial charge in [0.1, 0.15) is 5.76 Å². The highest BCUT2D eigenvalue weighted by molar-refractivity contribution is 5.91. The molecule has 134 valence electrons. The van der Waals surface area contributed by atoms with Crippen LogP contribution in [0.2, 0.25) is 0 Å². The first-order chi connectivity index (χ1) is 12.2. The lowest BCUT2D eigenvalue weighted by Crippen LogP contribution is -2.46. The first kappa shape index (κ1) is 17.7. The molecule has 2 heterocycles. The number of aryl methyl sites for hydroxylation is 1. The molecule has 0 atom stereocenters. The molecule has 1 aliphatic rings. The lowest BCUT2D eigenvalue weighted by atomic mass is 10.2. The molecule has 0 radical (unpaired) electrons. The molecule has 1 aliphatic heterocycles. The zero-order valence-electron chi connectivity index (χ0n) is 14.9. The van der Waals surface area contributed by atoms with Crippen molar-refractivity contribution in [3.05, 3.63) is 59.5 Å². The van der Waals surface area contributed by atoms with Crippen molar-refractivity contribution in [1.82, 2.24) is 15.1 Å². The summed E-state index contributed by atoms with van der Waals surface area (Å²) < 4.78 is 5.32. The summed E-state index contributed by atoms with van der Waals surface area (Å²) in [7, 11) is 0. The first-order valence-electron chi connectivity index (χ1n) is 9.04. The molecule has 0 saturated carbocycles. The van der Waals surface area contributed by atoms with E-state index in [-0.39, 0.29) is 5.91 Å². The number of carbonyl (C=O) groups is 1. The number of carbonyl (C=O) groups excluding carboxylic acids is 1. The van der Waals surface area contributed by atoms with E-state index >= 15 is 0 Å². The summed E-state index contributed by atoms with van der Waals surface area (Å²) in [6.07, 6.45) is 0.962. The third kappa shape index (κ3) is 5.44. The van der Waals surface area contributed by atoms with Crippen LogP contribution in [0, 0.1) is 6.92 Å². The molecule has 0 aliphatic carbocycles. The molecule has 2 aromatic rings. The van der Waals surface area contributed by atoms with Crippen LogP contribution >= 0.6 is 0 Å². The SMILES string of the molecule is Cc1ccc(C(=O)NCCCN2CCN(Cc3ccccc3)CC2)o1. The average molecular weight is 341 g/mol. The minimum atomic E-state index is -0.124. The number of nitrogens with one attached hydrogen (secondary N) is 1. The summed E-state index contributed by atoms with van der Waals surface area (Å²) in [5.41, 5.74) is 1.38. The average Bonchev–Trinajstić information content (AvgIpc) is 3.07. The Morgan fingerprint density at radius 1 is 1.04 bits per heavy atom. The molecule has 1 fully saturated rings. The predicted octanol–water partition coefficient (Wildman–Crippen LogP) is 2.53. The largest absolute Gasteiger partial charge is 0.456 e. The van der Waals surface area contributed by atoms with E-state index in [1.54, 1.807) is 6.07 Å². The van der Waals surface area contributed by atoms with Crippen molar-refractivity contribution >= 4 is 5.91 Å². The van der Waals surface area contributed by atoms with Crippen molar-refractivity contribution in [2.75, 3.05) is 39.3 Å². The van der Waals surface area contributed by atoms with E-state index in [1.807, 2.05) is 13.0 Å². The molecular formula is C20H27N3O2. The van der Waals surface area contributed by atoms with Crippen LogP contribution in [0.3, 0.4) is 0 Å². The maximum Gasteiger partial charge on any atom is 0.286 e. The second-order valence-corrected chi connectivity index (χ2v) is 6.62. The minimum Gasteiger partial charge on any atom is -0.456 e. The van der Waals surface area contributed by atoms with E-state index < -0.39 is 0 Å². The van der Waals surface area contributed by atoms with Crippen molar-refractivity contribution in [1.29, 1.82) is 0 Å². The molecule has 0 spiro atoms. The Morgan fingerprint density at radius 2 is 1.76 bits per heavy atom. The molecule has 25 heavy (non-hydrogen) atoms. The van der Waals surface area contributed by atoms with Crippen LogP contribution in [-0.4, -0.2) is 55.0 Å². The van der Waals surface area contributed by atoms with Gasteiger partial charge in [0.15, 0.2) is 5.76 Å². The highest BCUT2D eigenvalue weighted by atomic mass is 16.3. The highest BCUT2D eigenvalue weighted by Crippen LogP contribution is 2.09. The van der Waals surface area contributed by atoms with Gasteiger partial charge in [0.2, 0.25) is 0 Å². The van der Waals surface area contributed by atoms with E-state index in [0.717, 1.165) is 51.4 Å². The third-order valence-electron chi connectivity index (χ3n) is 4.61. The Bertz CT molecular complexity index is 661. The van der Waals surface area contributed by atoms with Gasteiger partial charge < -0.3 is 14.6 Å². The molecule has 1 aromatic carbocycles. The van der Waals surface area contributed by atoms with Crippen molar-refractivity contribution in [3.8, 4) is 0 Å². The third-order valence-corrected chi connectivity index (χ3v) is 4.61. The number of hydrogen-bond acceptors (Lipinski definition) is 4. The van der Waals surface area contributed by atoms with Gasteiger partial charge in [-0.2, -0.15) is 0 Å². The number of amides is 1. The standard InChI is InChI=1S/C20H27N3O2/c1-17-8-9-19(25-17)20(24)21-10-5-11-22-12-14-23(15-13-22)16-18-6-3-2-4-7-18/h2-4,6-9H,5,10-16H2,1H3,(H,21,24). The lowest BCUT2D eigenvalue weighted by Gasteiger charge is -2.34. The molecule has 0 bridgehead atoms. The number of piperazine rings is 1. The van der Waals surface area contributed by atoms with Gasteiger partial charge in [-0.1, -0.05) is 30.3 Å². The van der Waals surface area contributed by atoms with Crippen LogP contribution in [-0.2, 0) is 6.54 Å². The van der Waals surface area contributed by atoms with Crippen LogP contribution in [0.5, 0.6) is 0 Å². The van der Waals surface area contributed by atoms with Crippen LogP contribution in [0.15, 0.2) is 46.9 Å². The summed E-state index contributed by atoms with van der Waals surface area (Å²) >= 11 is 0. The van der Waals surface area contributed by atoms with E-state index in [4.69, 9.17) is 4.42 Å². The van der Waals surface area contributed by atoms with E-state index in [2.05, 4.69) is 45.4 Å². The van der Waals surface area contributed by atoms with E-state index in [1.165, 1.54) is 5.56 Å². The summed E-state index contributed by atoms with van der Waals surface area (Å²) in [5.74, 6) is 1.03. The first-order valence-corrected chi connectivity index (χ1v) is 9.04. The molecule has 1 amide bonds. The maximum absolute atomic E-state index is 11.9. The van der Waals surface area contributed by atoms with Crippen molar-refractivity contribution < 1.29 is 9.21 Å². The molecule has 1 N–H and O–H groups in total. The van der Waals surface area contributed by atoms with Gasteiger partial charge in [-0.3, -0.25) is 9.69 Å². The lowest BCUT2D eigenvalue weighted by molar-refractivity contribution is 0.0918. The van der Waals surface area contributed by atoms with Crippen molar-refractivity contribution in [2.45, 2.75) is 19.9 Å². The fourth-order valence-corrected chi connectivity index (χ4v) is 3.16. The summed E-state index contributed by atoms with van der Waals surface area (Å²) in [6, 6.07) is 14.2. The van der Waals surface area contributed by atoms with Gasteiger partial charge >= 0.3 is 0 Å². The normalized spacial score (nSPS) is 16.0. The van der Waals surface area contributed by atoms with E-state index in [0.29, 0.717) is 12.3 Å². The van der Waals surface area contributed by atoms with Gasteiger partial charge in [-0.15, -0.1) is 0 Å². The Morgan fingerprint density at radius 3 is 2.44 bits per heavy atom. The topological polar surface area (TPSA) is 48.7 Å². The summed E-state index contributed by atoms with van der Waals surface area (Å²) in [6.45, 7) is 8.98. The second kappa shape index (κ2) is 8.83. The maximum atomic E-state index is 11.9. The van der Waals surface area contributed by atoms with Gasteiger partial charge in [0.25, 0.3) is 5.91 Å². The van der Waals surface area contributed by atoms with Gasteiger partial charge in [-0.25, -0.2) is 0 Å². The molecule has 1 aromatic heterocycles. The molecule has 5 heteroatoms. The number of rotatable bonds is 7. The minimum absolute atomic E-state index is 0.124. The van der Waals surface area contributed by atoms with Crippen LogP contribution < -0.4 is 5.32 Å². The second-order valence-electron chi connectivity index (χ2n) is 6.62. The smallest absolute Gasteiger partial charge is 0.286 e. The Kier molecular flexibility index (Phi) is 6.25. The number of nitrogens with zero attached hydrogens (tertiary/aromatic N) is 2. The molecule has 1 saturated heterocycles. The number of furan rings is 1. The summed E-state index contributed by atoms with van der Waals surface area (Å²) in [4.78, 5) is 16.9. The number of benzene rings is 1. The van der Waals surface area contributed by atoms with Gasteiger partial charge in [0.05, 0.1) is 0 Å². The Labute approximate surface area is 149 Å². The molecular weight excluding hydrogens is 314 g/mol. The fourth-order valence-electron chi connectivity index (χ4n) is 3.16. The molecule has 3 rings (SSSR count). The molecule has 5 nitrogen and oxygen atoms in total. The predicted molar refractivity (Wildman–Crippen MR) is 98.6 cm³/mol. The van der Waals surface area contributed by atoms with Gasteiger partial charge in [0, 0.05) is 39.3 Å². The van der Waals surface area contributed by atoms with Crippen LogP contribution in [0.4, 0.5) is 0 Å². The van der Waals surface area contributed by atoms with Crippen LogP contribution in [0.25, 0.3) is 0 Å². The zero-order valence-corrected chi connectivity index (χ0v) is 14.9. The van der Waals surface area contributed by atoms with Crippen molar-refractivity contribution in [3.63, 3.8) is 0 Å². The highest BCUT2D eigenvalue weighted by Gasteiger charge is 2.16. The van der Waals surface area contributed by atoms with Crippen LogP contribution in [0.1, 0.15) is 28.3 Å². The fraction of sp³-hybridized carbons (Fsp3) is 0.450. The number of hydrogen-bond donors (Lipinski definition) is 1. The zero-order chi connectivity index (χ0) is 17.5. The molecule has 0 unspecified atom stereocenters. The van der Waals surface area contributed by atoms with Crippen molar-refractivity contribution in [2.24, 2.45) is 0 Å². The quantitative estimate of drug-likeness (QED) is 0.786. The van der Waals surface area contributed by atoms with Gasteiger partial charge in [-0.05, 0) is 37.6 Å². The Hall–Kier alpha value is -2.11. The van der Waals surface area contributed by atoms with E-state index in [9.17, 15) is 4.79 Å². The Balaban J connectivity index is 1.30. The monoisotopic (exact) mass is 341 g/mol. The summed E-state index contributed by atoms with van der Waals surface area (Å²) in [5, 5.41) is 2.92.